The van der Waals surface area contributed by atoms with Crippen LogP contribution in [0.2, 0.25) is 0 Å². The maximum Gasteiger partial charge on any atom is 0.257 e. The van der Waals surface area contributed by atoms with Gasteiger partial charge in [-0.3, -0.25) is 4.68 Å². The zero-order valence-electron chi connectivity index (χ0n) is 6.70. The summed E-state index contributed by atoms with van der Waals surface area (Å²) in [5.74, 6) is 0. The molecule has 1 heterocycles. The van der Waals surface area contributed by atoms with E-state index in [0.29, 0.717) is 12.3 Å². The topological polar surface area (TPSA) is 27.1 Å². The molecule has 0 unspecified atom stereocenters. The van der Waals surface area contributed by atoms with Crippen molar-refractivity contribution < 1.29 is 13.5 Å². The van der Waals surface area contributed by atoms with Gasteiger partial charge >= 0.3 is 0 Å². The van der Waals surface area contributed by atoms with Crippen LogP contribution in [0.15, 0.2) is 12.3 Å². The number of nitrogens with zero attached hydrogens (tertiary/aromatic N) is 2. The van der Waals surface area contributed by atoms with Crippen molar-refractivity contribution in [2.45, 2.75) is 19.6 Å². The second kappa shape index (κ2) is 4.15. The Kier molecular flexibility index (Phi) is 3.16. The van der Waals surface area contributed by atoms with Gasteiger partial charge in [-0.1, -0.05) is 0 Å². The van der Waals surface area contributed by atoms with Gasteiger partial charge in [-0.2, -0.15) is 5.10 Å². The quantitative estimate of drug-likeness (QED) is 0.691. The van der Waals surface area contributed by atoms with Gasteiger partial charge in [-0.25, -0.2) is 8.78 Å². The molecule has 1 aromatic heterocycles. The third-order valence-corrected chi connectivity index (χ3v) is 1.31. The SMILES string of the molecule is COCc1ccn(CC(F)F)n1. The van der Waals surface area contributed by atoms with Crippen molar-refractivity contribution in [3.63, 3.8) is 0 Å². The van der Waals surface area contributed by atoms with Gasteiger partial charge in [-0.15, -0.1) is 0 Å². The van der Waals surface area contributed by atoms with Crippen LogP contribution in [0.25, 0.3) is 0 Å². The second-order valence-corrected chi connectivity index (χ2v) is 2.35. The summed E-state index contributed by atoms with van der Waals surface area (Å²) in [5.41, 5.74) is 0.665. The van der Waals surface area contributed by atoms with Crippen LogP contribution in [0.1, 0.15) is 5.69 Å². The van der Waals surface area contributed by atoms with Crippen LogP contribution >= 0.6 is 0 Å². The molecule has 0 saturated carbocycles. The molecule has 0 radical (unpaired) electrons. The van der Waals surface area contributed by atoms with Crippen molar-refractivity contribution >= 4 is 0 Å². The van der Waals surface area contributed by atoms with Gasteiger partial charge < -0.3 is 4.74 Å². The van der Waals surface area contributed by atoms with E-state index in [0.717, 1.165) is 0 Å². The molecule has 0 amide bonds. The maximum absolute atomic E-state index is 11.8. The predicted octanol–water partition coefficient (Wildman–Crippen LogP) is 1.29. The Labute approximate surface area is 68.9 Å². The first-order chi connectivity index (χ1) is 5.72. The molecule has 0 aliphatic heterocycles. The number of rotatable bonds is 4. The largest absolute Gasteiger partial charge is 0.378 e. The summed E-state index contributed by atoms with van der Waals surface area (Å²) in [6.07, 6.45) is -0.846. The average molecular weight is 176 g/mol. The lowest BCUT2D eigenvalue weighted by atomic mass is 10.5. The van der Waals surface area contributed by atoms with Crippen molar-refractivity contribution in [3.05, 3.63) is 18.0 Å². The maximum atomic E-state index is 11.8. The molecule has 0 spiro atoms. The van der Waals surface area contributed by atoms with E-state index in [1.165, 1.54) is 18.0 Å². The van der Waals surface area contributed by atoms with Crippen LogP contribution < -0.4 is 0 Å². The highest BCUT2D eigenvalue weighted by atomic mass is 19.3. The number of aromatic nitrogens is 2. The first-order valence-electron chi connectivity index (χ1n) is 3.52. The summed E-state index contributed by atoms with van der Waals surface area (Å²) >= 11 is 0. The zero-order valence-corrected chi connectivity index (χ0v) is 6.70. The van der Waals surface area contributed by atoms with Gasteiger partial charge in [0.25, 0.3) is 6.43 Å². The van der Waals surface area contributed by atoms with E-state index in [1.54, 1.807) is 6.07 Å². The molecule has 68 valence electrons. The summed E-state index contributed by atoms with van der Waals surface area (Å²) in [6.45, 7) is -0.0000472. The molecule has 0 fully saturated rings. The van der Waals surface area contributed by atoms with Gasteiger partial charge in [-0.05, 0) is 6.07 Å². The van der Waals surface area contributed by atoms with E-state index in [-0.39, 0.29) is 6.54 Å². The number of alkyl halides is 2. The smallest absolute Gasteiger partial charge is 0.257 e. The highest BCUT2D eigenvalue weighted by Crippen LogP contribution is 2.01. The summed E-state index contributed by atoms with van der Waals surface area (Å²) < 4.78 is 29.6. The Hall–Kier alpha value is -0.970. The van der Waals surface area contributed by atoms with Gasteiger partial charge in [0.05, 0.1) is 12.3 Å². The number of hydrogen-bond donors (Lipinski definition) is 0. The minimum atomic E-state index is -2.36. The van der Waals surface area contributed by atoms with E-state index < -0.39 is 6.43 Å². The molecule has 5 heteroatoms. The molecular formula is C7H10F2N2O. The summed E-state index contributed by atoms with van der Waals surface area (Å²) in [7, 11) is 1.53. The van der Waals surface area contributed by atoms with E-state index in [9.17, 15) is 8.78 Å². The fourth-order valence-corrected chi connectivity index (χ4v) is 0.872. The van der Waals surface area contributed by atoms with Gasteiger partial charge in [0.15, 0.2) is 0 Å². The van der Waals surface area contributed by atoms with Crippen LogP contribution in [0.5, 0.6) is 0 Å². The van der Waals surface area contributed by atoms with Crippen molar-refractivity contribution in [2.24, 2.45) is 0 Å². The van der Waals surface area contributed by atoms with Crippen molar-refractivity contribution in [1.29, 1.82) is 0 Å². The van der Waals surface area contributed by atoms with Crippen LogP contribution in [-0.2, 0) is 17.9 Å². The zero-order chi connectivity index (χ0) is 8.97. The molecule has 0 bridgehead atoms. The lowest BCUT2D eigenvalue weighted by Crippen LogP contribution is -2.07. The highest BCUT2D eigenvalue weighted by Gasteiger charge is 2.04. The average Bonchev–Trinajstić information content (AvgIpc) is 2.36. The monoisotopic (exact) mass is 176 g/mol. The molecule has 0 atom stereocenters. The molecule has 0 aliphatic rings. The van der Waals surface area contributed by atoms with Crippen LogP contribution in [0.3, 0.4) is 0 Å². The van der Waals surface area contributed by atoms with E-state index in [1.807, 2.05) is 0 Å². The molecule has 0 saturated heterocycles. The third kappa shape index (κ3) is 2.58. The fourth-order valence-electron chi connectivity index (χ4n) is 0.872. The van der Waals surface area contributed by atoms with Crippen LogP contribution in [-0.4, -0.2) is 23.3 Å². The van der Waals surface area contributed by atoms with E-state index in [4.69, 9.17) is 4.74 Å². The van der Waals surface area contributed by atoms with E-state index in [2.05, 4.69) is 5.10 Å². The molecular weight excluding hydrogens is 166 g/mol. The third-order valence-electron chi connectivity index (χ3n) is 1.31. The molecule has 1 rings (SSSR count). The Morgan fingerprint density at radius 2 is 2.42 bits per heavy atom. The first kappa shape index (κ1) is 9.12. The number of methoxy groups -OCH3 is 1. The molecule has 1 aromatic rings. The summed E-state index contributed by atoms with van der Waals surface area (Å²) in [5, 5.41) is 3.85. The van der Waals surface area contributed by atoms with E-state index >= 15 is 0 Å². The molecule has 12 heavy (non-hydrogen) atoms. The summed E-state index contributed by atoms with van der Waals surface area (Å²) in [6, 6.07) is 1.66. The summed E-state index contributed by atoms with van der Waals surface area (Å²) in [4.78, 5) is 0. The Bertz CT molecular complexity index is 237. The van der Waals surface area contributed by atoms with Crippen molar-refractivity contribution in [2.75, 3.05) is 7.11 Å². The molecule has 0 aromatic carbocycles. The lowest BCUT2D eigenvalue weighted by molar-refractivity contribution is 0.120. The highest BCUT2D eigenvalue weighted by molar-refractivity contribution is 4.96. The first-order valence-corrected chi connectivity index (χ1v) is 3.52. The van der Waals surface area contributed by atoms with Crippen molar-refractivity contribution in [3.8, 4) is 0 Å². The van der Waals surface area contributed by atoms with Crippen molar-refractivity contribution in [1.82, 2.24) is 9.78 Å². The molecule has 0 aliphatic carbocycles. The van der Waals surface area contributed by atoms with Crippen LogP contribution in [0, 0.1) is 0 Å². The molecule has 3 nitrogen and oxygen atoms in total. The molecule has 0 N–H and O–H groups in total. The fraction of sp³-hybridized carbons (Fsp3) is 0.571. The number of halogens is 2. The lowest BCUT2D eigenvalue weighted by Gasteiger charge is -1.98. The normalized spacial score (nSPS) is 11.0. The Balaban J connectivity index is 2.52. The minimum Gasteiger partial charge on any atom is -0.378 e. The van der Waals surface area contributed by atoms with Crippen LogP contribution in [0.4, 0.5) is 8.78 Å². The number of hydrogen-bond acceptors (Lipinski definition) is 2. The second-order valence-electron chi connectivity index (χ2n) is 2.35. The van der Waals surface area contributed by atoms with Gasteiger partial charge in [0.2, 0.25) is 0 Å². The minimum absolute atomic E-state index is 0.357. The Morgan fingerprint density at radius 1 is 1.67 bits per heavy atom. The standard InChI is InChI=1S/C7H10F2N2O/c1-12-5-6-2-3-11(10-6)4-7(8)9/h2-3,7H,4-5H2,1H3. The van der Waals surface area contributed by atoms with Gasteiger partial charge in [0.1, 0.15) is 6.54 Å². The van der Waals surface area contributed by atoms with Gasteiger partial charge in [0, 0.05) is 13.3 Å². The Morgan fingerprint density at radius 3 is 3.00 bits per heavy atom. The predicted molar refractivity (Wildman–Crippen MR) is 38.9 cm³/mol. The number of ether oxygens (including phenoxy) is 1.